The number of carbonyl (C=O) groups excluding carboxylic acids is 2. The molecule has 0 saturated carbocycles. The van der Waals surface area contributed by atoms with Gasteiger partial charge in [0.2, 0.25) is 6.79 Å². The number of amides is 2. The molecule has 5 aromatic carbocycles. The van der Waals surface area contributed by atoms with Crippen LogP contribution in [0.3, 0.4) is 0 Å². The molecule has 0 bridgehead atoms. The zero-order chi connectivity index (χ0) is 37.6. The van der Waals surface area contributed by atoms with E-state index < -0.39 is 5.82 Å². The molecular weight excluding hydrogens is 698 g/mol. The molecule has 1 saturated heterocycles. The number of rotatable bonds is 7. The zero-order valence-corrected chi connectivity index (χ0v) is 30.4. The van der Waals surface area contributed by atoms with Crippen LogP contribution in [0.15, 0.2) is 115 Å². The van der Waals surface area contributed by atoms with E-state index in [0.29, 0.717) is 57.1 Å². The van der Waals surface area contributed by atoms with Gasteiger partial charge in [-0.05, 0) is 85.3 Å². The van der Waals surface area contributed by atoms with Crippen LogP contribution in [-0.2, 0) is 13.0 Å². The van der Waals surface area contributed by atoms with Crippen LogP contribution in [0.4, 0.5) is 15.8 Å². The predicted octanol–water partition coefficient (Wildman–Crippen LogP) is 7.00. The highest BCUT2D eigenvalue weighted by molar-refractivity contribution is 6.17. The first-order chi connectivity index (χ1) is 26.8. The predicted molar refractivity (Wildman–Crippen MR) is 208 cm³/mol. The smallest absolute Gasteiger partial charge is 0.265 e. The fraction of sp³-hybridized carbons (Fsp3) is 0.227. The molecule has 1 atom stereocenters. The second kappa shape index (κ2) is 14.2. The Bertz CT molecular complexity index is 2360. The lowest BCUT2D eigenvalue weighted by atomic mass is 9.92. The van der Waals surface area contributed by atoms with Gasteiger partial charge in [0.05, 0.1) is 22.3 Å². The van der Waals surface area contributed by atoms with Crippen molar-refractivity contribution < 1.29 is 28.6 Å². The largest absolute Gasteiger partial charge is 0.508 e. The molecule has 1 N–H and O–H groups in total. The molecule has 9 rings (SSSR count). The van der Waals surface area contributed by atoms with E-state index in [4.69, 9.17) is 9.47 Å². The molecule has 1 fully saturated rings. The summed E-state index contributed by atoms with van der Waals surface area (Å²) >= 11 is 0. The number of phenolic OH excluding ortho intramolecular Hbond substituents is 1. The Morgan fingerprint density at radius 2 is 1.45 bits per heavy atom. The molecule has 278 valence electrons. The van der Waals surface area contributed by atoms with Crippen LogP contribution < -0.4 is 14.4 Å². The number of aromatic nitrogens is 1. The third kappa shape index (κ3) is 6.55. The maximum Gasteiger partial charge on any atom is 0.265 e. The number of hydrogen-bond donors (Lipinski definition) is 1. The number of fused-ring (bicyclic) bond motifs is 3. The fourth-order valence-corrected chi connectivity index (χ4v) is 8.02. The number of hydrogen-bond acceptors (Lipinski definition) is 7. The number of piperazine rings is 1. The summed E-state index contributed by atoms with van der Waals surface area (Å²) in [7, 11) is 2.14. The first kappa shape index (κ1) is 34.6. The van der Waals surface area contributed by atoms with E-state index in [1.165, 1.54) is 34.7 Å². The van der Waals surface area contributed by atoms with Gasteiger partial charge in [0.25, 0.3) is 11.8 Å². The van der Waals surface area contributed by atoms with Gasteiger partial charge >= 0.3 is 0 Å². The van der Waals surface area contributed by atoms with E-state index in [-0.39, 0.29) is 30.4 Å². The molecule has 3 aliphatic rings. The van der Waals surface area contributed by atoms with Gasteiger partial charge in [-0.2, -0.15) is 0 Å². The van der Waals surface area contributed by atoms with Gasteiger partial charge in [0.15, 0.2) is 11.5 Å². The van der Waals surface area contributed by atoms with E-state index in [0.717, 1.165) is 44.7 Å². The monoisotopic (exact) mass is 737 g/mol. The van der Waals surface area contributed by atoms with Crippen molar-refractivity contribution in [3.05, 3.63) is 143 Å². The van der Waals surface area contributed by atoms with E-state index in [1.54, 1.807) is 36.5 Å². The number of carbonyl (C=O) groups is 2. The highest BCUT2D eigenvalue weighted by Crippen LogP contribution is 2.40. The van der Waals surface area contributed by atoms with E-state index in [2.05, 4.69) is 35.0 Å². The number of benzene rings is 5. The van der Waals surface area contributed by atoms with Gasteiger partial charge in [-0.1, -0.05) is 42.5 Å². The van der Waals surface area contributed by atoms with Crippen LogP contribution in [0.1, 0.15) is 31.8 Å². The maximum absolute atomic E-state index is 15.2. The summed E-state index contributed by atoms with van der Waals surface area (Å²) in [6.07, 6.45) is 2.50. The third-order valence-electron chi connectivity index (χ3n) is 11.0. The van der Waals surface area contributed by atoms with E-state index in [9.17, 15) is 14.3 Å². The number of ether oxygens (including phenoxy) is 2. The number of para-hydroxylation sites is 1. The maximum atomic E-state index is 15.2. The Labute approximate surface area is 318 Å². The SMILES string of the molecule is CN1CCN(C[C@@H]2Cc3ccccc3CN2C(=O)c2cc3c(cc2-n2cc(C(=O)N(c4ccc(O)cc4)c4ccc(F)cc4)c4ccccc42)OCO3)CC1. The van der Waals surface area contributed by atoms with Crippen molar-refractivity contribution in [1.29, 1.82) is 0 Å². The molecule has 4 heterocycles. The minimum atomic E-state index is -0.429. The van der Waals surface area contributed by atoms with Gasteiger partial charge in [-0.25, -0.2) is 4.39 Å². The van der Waals surface area contributed by atoms with Crippen molar-refractivity contribution in [1.82, 2.24) is 19.3 Å². The fourth-order valence-electron chi connectivity index (χ4n) is 8.02. The molecule has 0 unspecified atom stereocenters. The number of likely N-dealkylation sites (N-methyl/N-ethyl adjacent to an activating group) is 1. The number of nitrogens with zero attached hydrogens (tertiary/aromatic N) is 5. The van der Waals surface area contributed by atoms with Crippen molar-refractivity contribution in [2.75, 3.05) is 51.5 Å². The summed E-state index contributed by atoms with van der Waals surface area (Å²) in [4.78, 5) is 38.3. The minimum Gasteiger partial charge on any atom is -0.508 e. The lowest BCUT2D eigenvalue weighted by Crippen LogP contribution is -2.53. The highest BCUT2D eigenvalue weighted by atomic mass is 19.1. The van der Waals surface area contributed by atoms with Crippen molar-refractivity contribution in [3.8, 4) is 22.9 Å². The Kier molecular flexibility index (Phi) is 8.95. The van der Waals surface area contributed by atoms with Crippen LogP contribution in [-0.4, -0.2) is 88.8 Å². The molecule has 1 aromatic heterocycles. The summed E-state index contributed by atoms with van der Waals surface area (Å²) in [6.45, 7) is 5.11. The quantitative estimate of drug-likeness (QED) is 0.189. The minimum absolute atomic E-state index is 0.0327. The molecule has 6 aromatic rings. The number of halogens is 1. The van der Waals surface area contributed by atoms with Gasteiger partial charge in [0.1, 0.15) is 11.6 Å². The summed E-state index contributed by atoms with van der Waals surface area (Å²) in [6, 6.07) is 31.4. The normalized spacial score (nSPS) is 17.0. The van der Waals surface area contributed by atoms with E-state index in [1.807, 2.05) is 45.9 Å². The van der Waals surface area contributed by atoms with Crippen molar-refractivity contribution >= 4 is 34.1 Å². The average Bonchev–Trinajstić information content (AvgIpc) is 3.84. The van der Waals surface area contributed by atoms with Gasteiger partial charge in [-0.15, -0.1) is 0 Å². The first-order valence-electron chi connectivity index (χ1n) is 18.5. The van der Waals surface area contributed by atoms with Gasteiger partial charge < -0.3 is 28.9 Å². The highest BCUT2D eigenvalue weighted by Gasteiger charge is 2.35. The van der Waals surface area contributed by atoms with Crippen LogP contribution in [0.5, 0.6) is 17.2 Å². The van der Waals surface area contributed by atoms with Crippen LogP contribution in [0.2, 0.25) is 0 Å². The summed E-state index contributed by atoms with van der Waals surface area (Å²) in [5.74, 6) is 0.108. The lowest BCUT2D eigenvalue weighted by Gasteiger charge is -2.41. The third-order valence-corrected chi connectivity index (χ3v) is 11.0. The Morgan fingerprint density at radius 1 is 0.800 bits per heavy atom. The molecule has 10 nitrogen and oxygen atoms in total. The Balaban J connectivity index is 1.15. The van der Waals surface area contributed by atoms with Crippen LogP contribution in [0.25, 0.3) is 16.6 Å². The Morgan fingerprint density at radius 3 is 2.20 bits per heavy atom. The number of phenols is 1. The Hall–Kier alpha value is -6.17. The first-order valence-corrected chi connectivity index (χ1v) is 18.5. The molecule has 0 radical (unpaired) electrons. The molecule has 0 spiro atoms. The molecule has 11 heteroatoms. The van der Waals surface area contributed by atoms with E-state index >= 15 is 4.79 Å². The topological polar surface area (TPSA) is 90.7 Å². The number of anilines is 2. The van der Waals surface area contributed by atoms with Crippen molar-refractivity contribution in [3.63, 3.8) is 0 Å². The molecule has 55 heavy (non-hydrogen) atoms. The lowest BCUT2D eigenvalue weighted by molar-refractivity contribution is 0.0535. The second-order valence-corrected chi connectivity index (χ2v) is 14.4. The summed E-state index contributed by atoms with van der Waals surface area (Å²) < 4.78 is 27.7. The summed E-state index contributed by atoms with van der Waals surface area (Å²) in [5, 5.41) is 10.7. The molecule has 3 aliphatic heterocycles. The molecule has 0 aliphatic carbocycles. The van der Waals surface area contributed by atoms with Crippen LogP contribution in [0, 0.1) is 5.82 Å². The number of aromatic hydroxyl groups is 1. The second-order valence-electron chi connectivity index (χ2n) is 14.4. The molecule has 2 amide bonds. The van der Waals surface area contributed by atoms with Crippen molar-refractivity contribution in [2.45, 2.75) is 19.0 Å². The standard InChI is InChI=1S/C44H40FN5O5/c1-46-18-20-47(21-19-46)26-34-22-29-6-2-3-7-30(29)25-48(34)43(52)37-23-41-42(55-28-54-41)24-40(37)49-27-38(36-8-4-5-9-39(36)49)44(53)50(32-12-10-31(45)11-13-32)33-14-16-35(51)17-15-33/h2-17,23-24,27,34,51H,18-22,25-26,28H2,1H3/t34-/m0/s1. The van der Waals surface area contributed by atoms with Crippen molar-refractivity contribution in [2.24, 2.45) is 0 Å². The van der Waals surface area contributed by atoms with Crippen LogP contribution >= 0.6 is 0 Å². The molecular formula is C44H40FN5O5. The average molecular weight is 738 g/mol. The van der Waals surface area contributed by atoms with Gasteiger partial charge in [-0.3, -0.25) is 19.4 Å². The zero-order valence-electron chi connectivity index (χ0n) is 30.4. The summed E-state index contributed by atoms with van der Waals surface area (Å²) in [5.41, 5.74) is 5.38. The van der Waals surface area contributed by atoms with Gasteiger partial charge in [0, 0.05) is 74.3 Å².